The van der Waals surface area contributed by atoms with Crippen LogP contribution in [0.1, 0.15) is 57.0 Å². The molecular weight excluding hydrogens is 304 g/mol. The highest BCUT2D eigenvalue weighted by Crippen LogP contribution is 2.22. The number of hydrogen-bond acceptors (Lipinski definition) is 3. The first-order valence-electron chi connectivity index (χ1n) is 8.25. The van der Waals surface area contributed by atoms with Crippen molar-refractivity contribution in [3.63, 3.8) is 0 Å². The lowest BCUT2D eigenvalue weighted by Gasteiger charge is -2.25. The minimum atomic E-state index is -0.928. The predicted octanol–water partition coefficient (Wildman–Crippen LogP) is 2.33. The van der Waals surface area contributed by atoms with Crippen molar-refractivity contribution in [3.05, 3.63) is 35.4 Å². The van der Waals surface area contributed by atoms with Crippen LogP contribution in [0.15, 0.2) is 24.3 Å². The predicted molar refractivity (Wildman–Crippen MR) is 96.0 cm³/mol. The molecule has 24 heavy (non-hydrogen) atoms. The fraction of sp³-hybridized carbons (Fsp3) is 0.579. The number of aliphatic hydroxyl groups is 1. The molecule has 5 nitrogen and oxygen atoms in total. The molecule has 1 rings (SSSR count). The molecule has 0 bridgehead atoms. The molecule has 0 saturated carbocycles. The molecule has 0 unspecified atom stereocenters. The van der Waals surface area contributed by atoms with E-state index in [1.807, 2.05) is 12.1 Å². The summed E-state index contributed by atoms with van der Waals surface area (Å²) in [6.45, 7) is 10.2. The summed E-state index contributed by atoms with van der Waals surface area (Å²) in [6.07, 6.45) is 0.207. The van der Waals surface area contributed by atoms with Crippen LogP contribution in [0, 0.1) is 0 Å². The second-order valence-electron chi connectivity index (χ2n) is 7.90. The van der Waals surface area contributed by atoms with E-state index in [2.05, 4.69) is 26.1 Å². The number of nitrogens with one attached hydrogen (secondary N) is 1. The SMILES string of the molecule is CN(CC(C)(C)O)C(=O)CCNC(=O)c1ccc(C(C)(C)C)cc1. The monoisotopic (exact) mass is 334 g/mol. The molecule has 0 heterocycles. The molecular formula is C19H30N2O3. The van der Waals surface area contributed by atoms with E-state index in [4.69, 9.17) is 0 Å². The van der Waals surface area contributed by atoms with Gasteiger partial charge >= 0.3 is 0 Å². The van der Waals surface area contributed by atoms with Crippen LogP contribution in [-0.4, -0.2) is 47.6 Å². The quantitative estimate of drug-likeness (QED) is 0.839. The topological polar surface area (TPSA) is 69.6 Å². The highest BCUT2D eigenvalue weighted by Gasteiger charge is 2.19. The number of carbonyl (C=O) groups excluding carboxylic acids is 2. The summed E-state index contributed by atoms with van der Waals surface area (Å²) in [5.41, 5.74) is 0.873. The number of rotatable bonds is 6. The summed E-state index contributed by atoms with van der Waals surface area (Å²) in [4.78, 5) is 25.5. The van der Waals surface area contributed by atoms with Crippen molar-refractivity contribution < 1.29 is 14.7 Å². The Labute approximate surface area is 145 Å². The fourth-order valence-corrected chi connectivity index (χ4v) is 2.37. The average molecular weight is 334 g/mol. The Morgan fingerprint density at radius 2 is 1.62 bits per heavy atom. The minimum absolute atomic E-state index is 0.0481. The lowest BCUT2D eigenvalue weighted by molar-refractivity contribution is -0.132. The first-order chi connectivity index (χ1) is 10.9. The second-order valence-corrected chi connectivity index (χ2v) is 7.90. The second kappa shape index (κ2) is 7.79. The first kappa shape index (κ1) is 20.2. The molecule has 0 fully saturated rings. The van der Waals surface area contributed by atoms with Gasteiger partial charge in [0, 0.05) is 32.1 Å². The summed E-state index contributed by atoms with van der Waals surface area (Å²) < 4.78 is 0. The third-order valence-electron chi connectivity index (χ3n) is 3.69. The van der Waals surface area contributed by atoms with Gasteiger partial charge in [-0.1, -0.05) is 32.9 Å². The number of benzene rings is 1. The maximum Gasteiger partial charge on any atom is 0.251 e. The van der Waals surface area contributed by atoms with Gasteiger partial charge in [0.25, 0.3) is 5.91 Å². The Hall–Kier alpha value is -1.88. The van der Waals surface area contributed by atoms with Crippen molar-refractivity contribution in [1.29, 1.82) is 0 Å². The zero-order chi connectivity index (χ0) is 18.5. The largest absolute Gasteiger partial charge is 0.389 e. The molecule has 1 aromatic carbocycles. The highest BCUT2D eigenvalue weighted by molar-refractivity contribution is 5.94. The molecule has 0 aliphatic rings. The molecule has 2 amide bonds. The van der Waals surface area contributed by atoms with Gasteiger partial charge in [-0.2, -0.15) is 0 Å². The van der Waals surface area contributed by atoms with E-state index in [9.17, 15) is 14.7 Å². The summed E-state index contributed by atoms with van der Waals surface area (Å²) in [5, 5.41) is 12.5. The normalized spacial score (nSPS) is 12.0. The van der Waals surface area contributed by atoms with Gasteiger partial charge in [0.2, 0.25) is 5.91 Å². The number of hydrogen-bond donors (Lipinski definition) is 2. The van der Waals surface area contributed by atoms with Gasteiger partial charge in [0.15, 0.2) is 0 Å². The number of likely N-dealkylation sites (N-methyl/N-ethyl adjacent to an activating group) is 1. The molecule has 0 aliphatic heterocycles. The molecule has 0 aromatic heterocycles. The van der Waals surface area contributed by atoms with Crippen LogP contribution in [0.4, 0.5) is 0 Å². The van der Waals surface area contributed by atoms with Gasteiger partial charge in [-0.25, -0.2) is 0 Å². The van der Waals surface area contributed by atoms with Crippen LogP contribution in [0.2, 0.25) is 0 Å². The number of nitrogens with zero attached hydrogens (tertiary/aromatic N) is 1. The minimum Gasteiger partial charge on any atom is -0.389 e. The van der Waals surface area contributed by atoms with E-state index in [1.54, 1.807) is 33.0 Å². The summed E-state index contributed by atoms with van der Waals surface area (Å²) in [5.74, 6) is -0.297. The van der Waals surface area contributed by atoms with Crippen molar-refractivity contribution in [3.8, 4) is 0 Å². The van der Waals surface area contributed by atoms with Crippen LogP contribution in [0.3, 0.4) is 0 Å². The Bertz CT molecular complexity index is 566. The van der Waals surface area contributed by atoms with E-state index in [0.29, 0.717) is 5.56 Å². The van der Waals surface area contributed by atoms with Crippen molar-refractivity contribution in [1.82, 2.24) is 10.2 Å². The average Bonchev–Trinajstić information content (AvgIpc) is 2.44. The van der Waals surface area contributed by atoms with Crippen molar-refractivity contribution >= 4 is 11.8 Å². The van der Waals surface area contributed by atoms with Gasteiger partial charge in [0.1, 0.15) is 0 Å². The molecule has 0 spiro atoms. The Balaban J connectivity index is 2.48. The Morgan fingerprint density at radius 1 is 1.08 bits per heavy atom. The van der Waals surface area contributed by atoms with E-state index in [1.165, 1.54) is 10.5 Å². The number of amides is 2. The fourth-order valence-electron chi connectivity index (χ4n) is 2.37. The van der Waals surface area contributed by atoms with Gasteiger partial charge in [0.05, 0.1) is 5.60 Å². The molecule has 5 heteroatoms. The van der Waals surface area contributed by atoms with Crippen molar-refractivity contribution in [2.45, 2.75) is 52.1 Å². The first-order valence-corrected chi connectivity index (χ1v) is 8.25. The molecule has 2 N–H and O–H groups in total. The molecule has 134 valence electrons. The smallest absolute Gasteiger partial charge is 0.251 e. The van der Waals surface area contributed by atoms with Gasteiger partial charge in [-0.05, 0) is 37.0 Å². The van der Waals surface area contributed by atoms with Crippen molar-refractivity contribution in [2.24, 2.45) is 0 Å². The third-order valence-corrected chi connectivity index (χ3v) is 3.69. The van der Waals surface area contributed by atoms with Crippen molar-refractivity contribution in [2.75, 3.05) is 20.1 Å². The standard InChI is InChI=1S/C19H30N2O3/c1-18(2,3)15-9-7-14(8-10-15)17(23)20-12-11-16(22)21(6)13-19(4,5)24/h7-10,24H,11-13H2,1-6H3,(H,20,23). The van der Waals surface area contributed by atoms with Crippen LogP contribution in [0.5, 0.6) is 0 Å². The molecule has 1 aromatic rings. The molecule has 0 atom stereocenters. The Morgan fingerprint density at radius 3 is 2.08 bits per heavy atom. The summed E-state index contributed by atoms with van der Waals surface area (Å²) in [7, 11) is 1.65. The zero-order valence-corrected chi connectivity index (χ0v) is 15.6. The maximum atomic E-state index is 12.1. The maximum absolute atomic E-state index is 12.1. The van der Waals surface area contributed by atoms with Crippen LogP contribution < -0.4 is 5.32 Å². The lowest BCUT2D eigenvalue weighted by atomic mass is 9.87. The molecule has 0 radical (unpaired) electrons. The zero-order valence-electron chi connectivity index (χ0n) is 15.6. The van der Waals surface area contributed by atoms with Crippen LogP contribution >= 0.6 is 0 Å². The highest BCUT2D eigenvalue weighted by atomic mass is 16.3. The lowest BCUT2D eigenvalue weighted by Crippen LogP contribution is -2.40. The van der Waals surface area contributed by atoms with Gasteiger partial charge < -0.3 is 15.3 Å². The van der Waals surface area contributed by atoms with E-state index >= 15 is 0 Å². The van der Waals surface area contributed by atoms with E-state index in [-0.39, 0.29) is 36.7 Å². The van der Waals surface area contributed by atoms with Gasteiger partial charge in [-0.15, -0.1) is 0 Å². The molecule has 0 saturated heterocycles. The molecule has 0 aliphatic carbocycles. The van der Waals surface area contributed by atoms with Crippen LogP contribution in [0.25, 0.3) is 0 Å². The van der Waals surface area contributed by atoms with E-state index in [0.717, 1.165) is 0 Å². The summed E-state index contributed by atoms with van der Waals surface area (Å²) >= 11 is 0. The Kier molecular flexibility index (Phi) is 6.55. The van der Waals surface area contributed by atoms with Gasteiger partial charge in [-0.3, -0.25) is 9.59 Å². The van der Waals surface area contributed by atoms with Crippen LogP contribution in [-0.2, 0) is 10.2 Å². The van der Waals surface area contributed by atoms with E-state index < -0.39 is 5.60 Å². The third kappa shape index (κ3) is 6.71. The number of carbonyl (C=O) groups is 2. The summed E-state index contributed by atoms with van der Waals surface area (Å²) in [6, 6.07) is 7.52.